The number of fused-ring (bicyclic) bond motifs is 1. The largest absolute Gasteiger partial charge is 0.484 e. The summed E-state index contributed by atoms with van der Waals surface area (Å²) >= 11 is 0. The number of amides is 1. The number of halogens is 3. The van der Waals surface area contributed by atoms with Crippen molar-refractivity contribution in [3.8, 4) is 22.6 Å². The fourth-order valence-corrected chi connectivity index (χ4v) is 4.07. The Labute approximate surface area is 218 Å². The normalized spacial score (nSPS) is 11.2. The van der Waals surface area contributed by atoms with Gasteiger partial charge in [0.25, 0.3) is 5.91 Å². The number of hydrogen-bond acceptors (Lipinski definition) is 6. The number of carbonyl (C=O) groups is 1. The quantitative estimate of drug-likeness (QED) is 0.291. The summed E-state index contributed by atoms with van der Waals surface area (Å²) < 4.78 is 52.5. The number of carbonyl (C=O) groups excluding carboxylic acids is 1. The number of alkyl halides is 2. The molecule has 0 aliphatic carbocycles. The van der Waals surface area contributed by atoms with Crippen molar-refractivity contribution in [2.24, 2.45) is 5.73 Å². The fraction of sp³-hybridized carbons (Fsp3) is 0.111. The number of ether oxygens (including phenoxy) is 2. The monoisotopic (exact) mass is 535 g/mol. The van der Waals surface area contributed by atoms with Crippen LogP contribution in [0.3, 0.4) is 0 Å². The summed E-state index contributed by atoms with van der Waals surface area (Å²) in [5, 5.41) is 0. The Hall–Kier alpha value is -5.13. The van der Waals surface area contributed by atoms with Crippen LogP contribution in [0.25, 0.3) is 22.2 Å². The highest BCUT2D eigenvalue weighted by molar-refractivity contribution is 5.91. The SMILES string of the molecule is NC(=O)c1ncc(OCc2nc3ccc(-c4ccc(=O)[nH]c4)cc3n2Cc2ccccc2OC(F)F)cc1F. The van der Waals surface area contributed by atoms with Crippen LogP contribution in [0.1, 0.15) is 21.9 Å². The zero-order valence-corrected chi connectivity index (χ0v) is 20.1. The Balaban J connectivity index is 1.55. The number of para-hydroxylation sites is 1. The van der Waals surface area contributed by atoms with E-state index >= 15 is 0 Å². The van der Waals surface area contributed by atoms with E-state index in [1.807, 2.05) is 12.1 Å². The maximum atomic E-state index is 14.2. The molecule has 39 heavy (non-hydrogen) atoms. The molecule has 5 rings (SSSR count). The van der Waals surface area contributed by atoms with Gasteiger partial charge in [-0.15, -0.1) is 0 Å². The highest BCUT2D eigenvalue weighted by atomic mass is 19.3. The molecule has 0 radical (unpaired) electrons. The van der Waals surface area contributed by atoms with Gasteiger partial charge in [-0.2, -0.15) is 8.78 Å². The van der Waals surface area contributed by atoms with E-state index in [2.05, 4.69) is 15.0 Å². The van der Waals surface area contributed by atoms with Gasteiger partial charge in [0.15, 0.2) is 11.5 Å². The van der Waals surface area contributed by atoms with Crippen LogP contribution in [0, 0.1) is 5.82 Å². The van der Waals surface area contributed by atoms with Crippen LogP contribution in [0.15, 0.2) is 77.9 Å². The maximum Gasteiger partial charge on any atom is 0.387 e. The summed E-state index contributed by atoms with van der Waals surface area (Å²) in [5.41, 5.74) is 7.57. The van der Waals surface area contributed by atoms with E-state index in [-0.39, 0.29) is 30.2 Å². The number of rotatable bonds is 9. The van der Waals surface area contributed by atoms with Crippen LogP contribution in [-0.4, -0.2) is 32.0 Å². The number of hydrogen-bond donors (Lipinski definition) is 2. The van der Waals surface area contributed by atoms with E-state index < -0.39 is 24.0 Å². The third-order valence-corrected chi connectivity index (χ3v) is 5.88. The molecular formula is C27H20F3N5O4. The summed E-state index contributed by atoms with van der Waals surface area (Å²) in [6.07, 6.45) is 2.74. The van der Waals surface area contributed by atoms with E-state index in [4.69, 9.17) is 15.2 Å². The molecule has 0 spiro atoms. The van der Waals surface area contributed by atoms with Gasteiger partial charge >= 0.3 is 6.61 Å². The Kier molecular flexibility index (Phi) is 7.00. The molecule has 198 valence electrons. The van der Waals surface area contributed by atoms with E-state index in [1.54, 1.807) is 41.1 Å². The molecule has 2 aromatic carbocycles. The molecule has 0 saturated heterocycles. The van der Waals surface area contributed by atoms with Crippen LogP contribution >= 0.6 is 0 Å². The molecule has 5 aromatic rings. The molecule has 0 saturated carbocycles. The lowest BCUT2D eigenvalue weighted by atomic mass is 10.1. The highest BCUT2D eigenvalue weighted by Gasteiger charge is 2.17. The molecule has 0 unspecified atom stereocenters. The number of nitrogens with two attached hydrogens (primary N) is 1. The molecule has 3 heterocycles. The molecule has 3 aromatic heterocycles. The lowest BCUT2D eigenvalue weighted by Gasteiger charge is -2.14. The first kappa shape index (κ1) is 25.5. The van der Waals surface area contributed by atoms with Crippen molar-refractivity contribution in [1.29, 1.82) is 0 Å². The number of H-pyrrole nitrogens is 1. The number of pyridine rings is 2. The van der Waals surface area contributed by atoms with Crippen molar-refractivity contribution in [2.45, 2.75) is 19.8 Å². The molecule has 0 bridgehead atoms. The summed E-state index contributed by atoms with van der Waals surface area (Å²) in [6.45, 7) is -3.05. The van der Waals surface area contributed by atoms with Gasteiger partial charge in [-0.05, 0) is 35.4 Å². The Bertz CT molecular complexity index is 1710. The number of primary amides is 1. The van der Waals surface area contributed by atoms with Gasteiger partial charge in [0.1, 0.15) is 23.9 Å². The van der Waals surface area contributed by atoms with Gasteiger partial charge in [-0.3, -0.25) is 9.59 Å². The van der Waals surface area contributed by atoms with Crippen LogP contribution in [0.5, 0.6) is 11.5 Å². The molecule has 0 aliphatic heterocycles. The van der Waals surface area contributed by atoms with Crippen molar-refractivity contribution >= 4 is 16.9 Å². The predicted octanol–water partition coefficient (Wildman–Crippen LogP) is 4.25. The summed E-state index contributed by atoms with van der Waals surface area (Å²) in [6, 6.07) is 15.9. The zero-order valence-electron chi connectivity index (χ0n) is 20.1. The van der Waals surface area contributed by atoms with Gasteiger partial charge in [0, 0.05) is 23.9 Å². The Morgan fingerprint density at radius 3 is 2.59 bits per heavy atom. The fourth-order valence-electron chi connectivity index (χ4n) is 4.07. The molecule has 0 atom stereocenters. The number of imidazole rings is 1. The predicted molar refractivity (Wildman–Crippen MR) is 135 cm³/mol. The second-order valence-electron chi connectivity index (χ2n) is 8.40. The molecule has 0 aliphatic rings. The smallest absolute Gasteiger partial charge is 0.387 e. The van der Waals surface area contributed by atoms with E-state index in [1.165, 1.54) is 12.1 Å². The average molecular weight is 535 g/mol. The van der Waals surface area contributed by atoms with E-state index in [0.717, 1.165) is 23.4 Å². The lowest BCUT2D eigenvalue weighted by Crippen LogP contribution is -2.15. The van der Waals surface area contributed by atoms with Crippen LogP contribution < -0.4 is 20.8 Å². The first-order chi connectivity index (χ1) is 18.8. The standard InChI is InChI=1S/C27H20F3N5O4/c28-19-10-18(12-33-25(19)26(31)37)38-14-23-34-20-7-5-15(16-6-8-24(36)32-11-16)9-21(20)35(23)13-17-3-1-2-4-22(17)39-27(29)30/h1-12,27H,13-14H2,(H2,31,37)(H,32,36). The lowest BCUT2D eigenvalue weighted by molar-refractivity contribution is -0.0504. The van der Waals surface area contributed by atoms with Crippen molar-refractivity contribution in [1.82, 2.24) is 19.5 Å². The van der Waals surface area contributed by atoms with Gasteiger partial charge in [-0.25, -0.2) is 14.4 Å². The Morgan fingerprint density at radius 1 is 1.08 bits per heavy atom. The number of nitrogens with one attached hydrogen (secondary N) is 1. The molecule has 0 fully saturated rings. The molecule has 9 nitrogen and oxygen atoms in total. The topological polar surface area (TPSA) is 125 Å². The third-order valence-electron chi connectivity index (χ3n) is 5.88. The number of aromatic amines is 1. The molecule has 12 heteroatoms. The summed E-state index contributed by atoms with van der Waals surface area (Å²) in [5.74, 6) is -1.51. The molecular weight excluding hydrogens is 515 g/mol. The van der Waals surface area contributed by atoms with Crippen molar-refractivity contribution in [2.75, 3.05) is 0 Å². The highest BCUT2D eigenvalue weighted by Crippen LogP contribution is 2.28. The van der Waals surface area contributed by atoms with E-state index in [0.29, 0.717) is 22.4 Å². The summed E-state index contributed by atoms with van der Waals surface area (Å²) in [4.78, 5) is 33.7. The average Bonchev–Trinajstić information content (AvgIpc) is 3.25. The third kappa shape index (κ3) is 5.59. The van der Waals surface area contributed by atoms with Crippen molar-refractivity contribution < 1.29 is 27.4 Å². The van der Waals surface area contributed by atoms with Gasteiger partial charge in [0.05, 0.1) is 23.8 Å². The minimum absolute atomic E-state index is 0.00585. The first-order valence-corrected chi connectivity index (χ1v) is 11.6. The van der Waals surface area contributed by atoms with Gasteiger partial charge in [0.2, 0.25) is 5.56 Å². The molecule has 3 N–H and O–H groups in total. The van der Waals surface area contributed by atoms with Crippen molar-refractivity contribution in [3.05, 3.63) is 106 Å². The van der Waals surface area contributed by atoms with Crippen molar-refractivity contribution in [3.63, 3.8) is 0 Å². The second-order valence-corrected chi connectivity index (χ2v) is 8.40. The van der Waals surface area contributed by atoms with Gasteiger partial charge in [-0.1, -0.05) is 24.3 Å². The second kappa shape index (κ2) is 10.7. The van der Waals surface area contributed by atoms with Crippen LogP contribution in [-0.2, 0) is 13.2 Å². The summed E-state index contributed by atoms with van der Waals surface area (Å²) in [7, 11) is 0. The molecule has 1 amide bonds. The Morgan fingerprint density at radius 2 is 1.87 bits per heavy atom. The minimum Gasteiger partial charge on any atom is -0.484 e. The van der Waals surface area contributed by atoms with Crippen LogP contribution in [0.2, 0.25) is 0 Å². The number of nitrogens with zero attached hydrogens (tertiary/aromatic N) is 3. The van der Waals surface area contributed by atoms with Gasteiger partial charge < -0.3 is 24.8 Å². The zero-order chi connectivity index (χ0) is 27.5. The minimum atomic E-state index is -3.01. The maximum absolute atomic E-state index is 14.2. The number of aromatic nitrogens is 4. The van der Waals surface area contributed by atoms with Crippen LogP contribution in [0.4, 0.5) is 13.2 Å². The van der Waals surface area contributed by atoms with E-state index in [9.17, 15) is 22.8 Å². The first-order valence-electron chi connectivity index (χ1n) is 11.6. The number of benzene rings is 2.